The fourth-order valence-corrected chi connectivity index (χ4v) is 4.64. The van der Waals surface area contributed by atoms with Gasteiger partial charge in [-0.15, -0.1) is 0 Å². The lowest BCUT2D eigenvalue weighted by Gasteiger charge is -2.26. The molecule has 0 aliphatic heterocycles. The molecule has 204 valence electrons. The monoisotopic (exact) mass is 523 g/mol. The molecular weight excluding hydrogens is 486 g/mol. The lowest BCUT2D eigenvalue weighted by atomic mass is 9.98. The molecule has 0 spiro atoms. The zero-order valence-corrected chi connectivity index (χ0v) is 22.5. The number of carbonyl (C=O) groups excluding carboxylic acids is 3. The van der Waals surface area contributed by atoms with E-state index in [4.69, 9.17) is 9.84 Å². The van der Waals surface area contributed by atoms with Gasteiger partial charge in [0.25, 0.3) is 0 Å². The second-order valence-corrected chi connectivity index (χ2v) is 10.5. The van der Waals surface area contributed by atoms with Crippen LogP contribution < -0.4 is 16.0 Å². The van der Waals surface area contributed by atoms with Gasteiger partial charge < -0.3 is 25.8 Å². The van der Waals surface area contributed by atoms with E-state index in [-0.39, 0.29) is 24.4 Å². The number of ether oxygens (including phenoxy) is 1. The first kappa shape index (κ1) is 28.7. The minimum Gasteiger partial charge on any atom is -0.480 e. The third-order valence-corrected chi connectivity index (χ3v) is 6.64. The molecule has 0 unspecified atom stereocenters. The molecule has 1 aliphatic carbocycles. The number of fused-ring (bicyclic) bond motifs is 3. The van der Waals surface area contributed by atoms with Crippen LogP contribution in [0.3, 0.4) is 0 Å². The van der Waals surface area contributed by atoms with E-state index in [1.54, 1.807) is 13.8 Å². The highest BCUT2D eigenvalue weighted by molar-refractivity contribution is 5.93. The van der Waals surface area contributed by atoms with Crippen molar-refractivity contribution in [2.45, 2.75) is 65.1 Å². The maximum Gasteiger partial charge on any atom is 0.407 e. The Morgan fingerprint density at radius 2 is 1.37 bits per heavy atom. The molecule has 4 N–H and O–H groups in total. The maximum absolute atomic E-state index is 13.1. The van der Waals surface area contributed by atoms with E-state index in [1.807, 2.05) is 62.4 Å². The minimum absolute atomic E-state index is 0.0544. The quantitative estimate of drug-likeness (QED) is 0.355. The Labute approximate surface area is 223 Å². The van der Waals surface area contributed by atoms with Crippen LogP contribution in [0.5, 0.6) is 0 Å². The summed E-state index contributed by atoms with van der Waals surface area (Å²) in [5, 5.41) is 16.8. The summed E-state index contributed by atoms with van der Waals surface area (Å²) in [4.78, 5) is 49.8. The summed E-state index contributed by atoms with van der Waals surface area (Å²) in [5.41, 5.74) is 4.39. The molecule has 0 saturated heterocycles. The Morgan fingerprint density at radius 3 is 1.87 bits per heavy atom. The zero-order valence-electron chi connectivity index (χ0n) is 22.5. The van der Waals surface area contributed by atoms with Crippen LogP contribution in [-0.2, 0) is 19.1 Å². The molecule has 9 nitrogen and oxygen atoms in total. The second kappa shape index (κ2) is 12.6. The van der Waals surface area contributed by atoms with Gasteiger partial charge in [-0.25, -0.2) is 4.79 Å². The van der Waals surface area contributed by atoms with Gasteiger partial charge in [-0.2, -0.15) is 0 Å². The molecule has 2 aromatic rings. The van der Waals surface area contributed by atoms with Crippen LogP contribution >= 0.6 is 0 Å². The SMILES string of the molecule is CC(C)C[C@H](NC(=O)[C@@H](NC(=O)OCC1c2ccccc2-c2ccccc21)C(C)C)C(=O)N[C@@H](C)C(=O)O. The number of hydrogen-bond acceptors (Lipinski definition) is 5. The van der Waals surface area contributed by atoms with E-state index >= 15 is 0 Å². The summed E-state index contributed by atoms with van der Waals surface area (Å²) in [5.74, 6) is -2.67. The van der Waals surface area contributed by atoms with Gasteiger partial charge in [0.05, 0.1) is 0 Å². The smallest absolute Gasteiger partial charge is 0.407 e. The van der Waals surface area contributed by atoms with Gasteiger partial charge in [0.1, 0.15) is 24.7 Å². The number of alkyl carbamates (subject to hydrolysis) is 1. The zero-order chi connectivity index (χ0) is 28.0. The summed E-state index contributed by atoms with van der Waals surface area (Å²) in [6, 6.07) is 13.0. The van der Waals surface area contributed by atoms with Crippen molar-refractivity contribution in [3.05, 3.63) is 59.7 Å². The topological polar surface area (TPSA) is 134 Å². The van der Waals surface area contributed by atoms with Gasteiger partial charge in [0.15, 0.2) is 0 Å². The molecule has 0 saturated carbocycles. The average Bonchev–Trinajstić information content (AvgIpc) is 3.18. The van der Waals surface area contributed by atoms with E-state index in [1.165, 1.54) is 6.92 Å². The highest BCUT2D eigenvalue weighted by Gasteiger charge is 2.32. The van der Waals surface area contributed by atoms with Crippen LogP contribution in [0.2, 0.25) is 0 Å². The predicted molar refractivity (Wildman–Crippen MR) is 143 cm³/mol. The molecule has 2 aromatic carbocycles. The number of carboxylic acids is 1. The van der Waals surface area contributed by atoms with Crippen molar-refractivity contribution in [3.63, 3.8) is 0 Å². The number of nitrogens with one attached hydrogen (secondary N) is 3. The number of aliphatic carboxylic acids is 1. The third kappa shape index (κ3) is 6.90. The Bertz CT molecular complexity index is 1130. The maximum atomic E-state index is 13.1. The number of hydrogen-bond donors (Lipinski definition) is 4. The van der Waals surface area contributed by atoms with Crippen LogP contribution in [-0.4, -0.2) is 53.7 Å². The highest BCUT2D eigenvalue weighted by Crippen LogP contribution is 2.44. The van der Waals surface area contributed by atoms with E-state index in [0.29, 0.717) is 6.42 Å². The van der Waals surface area contributed by atoms with Crippen molar-refractivity contribution in [2.24, 2.45) is 11.8 Å². The number of rotatable bonds is 11. The molecule has 0 aromatic heterocycles. The van der Waals surface area contributed by atoms with Crippen LogP contribution in [0.25, 0.3) is 11.1 Å². The van der Waals surface area contributed by atoms with E-state index < -0.39 is 42.0 Å². The summed E-state index contributed by atoms with van der Waals surface area (Å²) in [7, 11) is 0. The summed E-state index contributed by atoms with van der Waals surface area (Å²) < 4.78 is 5.59. The number of carboxylic acid groups (broad SMARTS) is 1. The van der Waals surface area contributed by atoms with Crippen molar-refractivity contribution >= 4 is 23.9 Å². The first-order valence-corrected chi connectivity index (χ1v) is 12.9. The number of amides is 3. The molecule has 1 aliphatic rings. The molecule has 3 atom stereocenters. The van der Waals surface area contributed by atoms with E-state index in [2.05, 4.69) is 16.0 Å². The summed E-state index contributed by atoms with van der Waals surface area (Å²) in [6.07, 6.45) is -0.426. The van der Waals surface area contributed by atoms with Crippen molar-refractivity contribution in [1.29, 1.82) is 0 Å². The summed E-state index contributed by atoms with van der Waals surface area (Å²) in [6.45, 7) is 8.79. The summed E-state index contributed by atoms with van der Waals surface area (Å²) >= 11 is 0. The normalized spacial score (nSPS) is 14.7. The van der Waals surface area contributed by atoms with Gasteiger partial charge in [-0.1, -0.05) is 76.2 Å². The number of carbonyl (C=O) groups is 4. The van der Waals surface area contributed by atoms with E-state index in [9.17, 15) is 19.2 Å². The molecule has 9 heteroatoms. The molecule has 0 fully saturated rings. The molecule has 0 radical (unpaired) electrons. The minimum atomic E-state index is -1.18. The van der Waals surface area contributed by atoms with Gasteiger partial charge in [-0.3, -0.25) is 14.4 Å². The Kier molecular flexibility index (Phi) is 9.50. The third-order valence-electron chi connectivity index (χ3n) is 6.64. The van der Waals surface area contributed by atoms with Crippen molar-refractivity contribution in [1.82, 2.24) is 16.0 Å². The Morgan fingerprint density at radius 1 is 0.816 bits per heavy atom. The number of benzene rings is 2. The molecular formula is C29H37N3O6. The molecule has 3 rings (SSSR count). The fraction of sp³-hybridized carbons (Fsp3) is 0.448. The molecule has 38 heavy (non-hydrogen) atoms. The van der Waals surface area contributed by atoms with Crippen LogP contribution in [0.4, 0.5) is 4.79 Å². The van der Waals surface area contributed by atoms with Crippen molar-refractivity contribution < 1.29 is 29.0 Å². The van der Waals surface area contributed by atoms with E-state index in [0.717, 1.165) is 22.3 Å². The predicted octanol–water partition coefficient (Wildman–Crippen LogP) is 3.67. The molecule has 0 heterocycles. The van der Waals surface area contributed by atoms with Crippen LogP contribution in [0.1, 0.15) is 58.1 Å². The van der Waals surface area contributed by atoms with Gasteiger partial charge in [-0.05, 0) is 47.4 Å². The lowest BCUT2D eigenvalue weighted by Crippen LogP contribution is -2.57. The molecule has 0 bridgehead atoms. The second-order valence-electron chi connectivity index (χ2n) is 10.5. The Hall–Kier alpha value is -3.88. The van der Waals surface area contributed by atoms with Crippen molar-refractivity contribution in [2.75, 3.05) is 6.61 Å². The first-order valence-electron chi connectivity index (χ1n) is 12.9. The van der Waals surface area contributed by atoms with Crippen molar-refractivity contribution in [3.8, 4) is 11.1 Å². The first-order chi connectivity index (χ1) is 18.0. The van der Waals surface area contributed by atoms with Gasteiger partial charge in [0, 0.05) is 5.92 Å². The van der Waals surface area contributed by atoms with Gasteiger partial charge >= 0.3 is 12.1 Å². The standard InChI is InChI=1S/C29H37N3O6/c1-16(2)14-24(26(33)30-18(5)28(35)36)31-27(34)25(17(3)4)32-29(37)38-15-23-21-12-8-6-10-19(21)20-11-7-9-13-22(20)23/h6-13,16-18,23-25H,14-15H2,1-5H3,(H,30,33)(H,31,34)(H,32,37)(H,35,36)/t18-,24-,25-/m0/s1. The van der Waals surface area contributed by atoms with Crippen LogP contribution in [0, 0.1) is 11.8 Å². The largest absolute Gasteiger partial charge is 0.480 e. The van der Waals surface area contributed by atoms with Gasteiger partial charge in [0.2, 0.25) is 11.8 Å². The Balaban J connectivity index is 1.65. The molecule has 3 amide bonds. The lowest BCUT2D eigenvalue weighted by molar-refractivity contribution is -0.141. The highest BCUT2D eigenvalue weighted by atomic mass is 16.5. The average molecular weight is 524 g/mol. The van der Waals surface area contributed by atoms with Crippen LogP contribution in [0.15, 0.2) is 48.5 Å². The fourth-order valence-electron chi connectivity index (χ4n) is 4.64.